The van der Waals surface area contributed by atoms with Crippen LogP contribution in [0.25, 0.3) is 28.0 Å². The maximum absolute atomic E-state index is 4.85. The van der Waals surface area contributed by atoms with Crippen LogP contribution < -0.4 is 5.32 Å². The highest BCUT2D eigenvalue weighted by Gasteiger charge is 2.22. The van der Waals surface area contributed by atoms with Gasteiger partial charge in [-0.25, -0.2) is 14.5 Å². The SMILES string of the molecule is Cc1nc(-c2nn3ccccc3c2-c2cccnc2NC2CCCC2)cs1. The van der Waals surface area contributed by atoms with Gasteiger partial charge in [-0.3, -0.25) is 0 Å². The number of hydrogen-bond acceptors (Lipinski definition) is 5. The third-order valence-electron chi connectivity index (χ3n) is 5.17. The maximum atomic E-state index is 4.85. The molecule has 5 rings (SSSR count). The van der Waals surface area contributed by atoms with Crippen molar-refractivity contribution < 1.29 is 0 Å². The first kappa shape index (κ1) is 16.4. The van der Waals surface area contributed by atoms with Crippen molar-refractivity contribution in [1.29, 1.82) is 0 Å². The predicted molar refractivity (Wildman–Crippen MR) is 110 cm³/mol. The molecule has 1 N–H and O–H groups in total. The van der Waals surface area contributed by atoms with E-state index >= 15 is 0 Å². The van der Waals surface area contributed by atoms with Gasteiger partial charge < -0.3 is 5.32 Å². The molecule has 1 aliphatic carbocycles. The highest BCUT2D eigenvalue weighted by molar-refractivity contribution is 7.09. The average molecular weight is 376 g/mol. The summed E-state index contributed by atoms with van der Waals surface area (Å²) in [6.07, 6.45) is 8.85. The van der Waals surface area contributed by atoms with E-state index in [2.05, 4.69) is 33.9 Å². The van der Waals surface area contributed by atoms with Crippen LogP contribution in [0.15, 0.2) is 48.1 Å². The van der Waals surface area contributed by atoms with Gasteiger partial charge in [0.2, 0.25) is 0 Å². The first-order chi connectivity index (χ1) is 13.3. The maximum Gasteiger partial charge on any atom is 0.134 e. The number of nitrogens with one attached hydrogen (secondary N) is 1. The minimum absolute atomic E-state index is 0.505. The zero-order valence-corrected chi connectivity index (χ0v) is 16.0. The fraction of sp³-hybridized carbons (Fsp3) is 0.286. The Morgan fingerprint density at radius 1 is 1.15 bits per heavy atom. The van der Waals surface area contributed by atoms with Gasteiger partial charge in [-0.2, -0.15) is 5.10 Å². The van der Waals surface area contributed by atoms with Gasteiger partial charge in [0, 0.05) is 34.9 Å². The smallest absolute Gasteiger partial charge is 0.134 e. The van der Waals surface area contributed by atoms with Gasteiger partial charge in [-0.05, 0) is 44.0 Å². The molecule has 0 spiro atoms. The molecule has 0 atom stereocenters. The summed E-state index contributed by atoms with van der Waals surface area (Å²) in [5.41, 5.74) is 5.08. The van der Waals surface area contributed by atoms with Crippen LogP contribution >= 0.6 is 11.3 Å². The molecule has 1 aliphatic rings. The van der Waals surface area contributed by atoms with E-state index in [-0.39, 0.29) is 0 Å². The summed E-state index contributed by atoms with van der Waals surface area (Å²) in [4.78, 5) is 9.38. The normalized spacial score (nSPS) is 14.9. The lowest BCUT2D eigenvalue weighted by Crippen LogP contribution is -2.16. The second kappa shape index (κ2) is 6.78. The first-order valence-corrected chi connectivity index (χ1v) is 10.3. The molecular weight excluding hydrogens is 354 g/mol. The van der Waals surface area contributed by atoms with Gasteiger partial charge in [0.15, 0.2) is 0 Å². The molecule has 27 heavy (non-hydrogen) atoms. The largest absolute Gasteiger partial charge is 0.367 e. The van der Waals surface area contributed by atoms with E-state index in [4.69, 9.17) is 10.1 Å². The van der Waals surface area contributed by atoms with Crippen LogP contribution in [0.3, 0.4) is 0 Å². The van der Waals surface area contributed by atoms with Crippen molar-refractivity contribution in [2.24, 2.45) is 0 Å². The summed E-state index contributed by atoms with van der Waals surface area (Å²) in [6, 6.07) is 10.8. The third kappa shape index (κ3) is 3.00. The first-order valence-electron chi connectivity index (χ1n) is 9.41. The van der Waals surface area contributed by atoms with E-state index in [0.717, 1.165) is 38.9 Å². The van der Waals surface area contributed by atoms with E-state index in [1.54, 1.807) is 11.3 Å². The monoisotopic (exact) mass is 375 g/mol. The fourth-order valence-electron chi connectivity index (χ4n) is 3.90. The Labute approximate surface area is 162 Å². The number of rotatable bonds is 4. The molecule has 1 saturated carbocycles. The highest BCUT2D eigenvalue weighted by atomic mass is 32.1. The van der Waals surface area contributed by atoms with Crippen molar-refractivity contribution in [3.8, 4) is 22.5 Å². The van der Waals surface area contributed by atoms with E-state index < -0.39 is 0 Å². The second-order valence-corrected chi connectivity index (χ2v) is 8.09. The lowest BCUT2D eigenvalue weighted by atomic mass is 10.0. The number of pyridine rings is 2. The summed E-state index contributed by atoms with van der Waals surface area (Å²) in [5.74, 6) is 0.941. The number of nitrogens with zero attached hydrogens (tertiary/aromatic N) is 4. The highest BCUT2D eigenvalue weighted by Crippen LogP contribution is 2.39. The molecule has 4 aromatic heterocycles. The zero-order chi connectivity index (χ0) is 18.2. The molecule has 0 amide bonds. The van der Waals surface area contributed by atoms with E-state index in [0.29, 0.717) is 6.04 Å². The van der Waals surface area contributed by atoms with Gasteiger partial charge in [0.05, 0.1) is 10.5 Å². The summed E-state index contributed by atoms with van der Waals surface area (Å²) >= 11 is 1.65. The molecule has 6 heteroatoms. The van der Waals surface area contributed by atoms with Crippen molar-refractivity contribution in [3.05, 3.63) is 53.1 Å². The van der Waals surface area contributed by atoms with Gasteiger partial charge in [-0.15, -0.1) is 11.3 Å². The molecule has 0 unspecified atom stereocenters. The van der Waals surface area contributed by atoms with Crippen LogP contribution in [-0.2, 0) is 0 Å². The predicted octanol–water partition coefficient (Wildman–Crippen LogP) is 5.18. The fourth-order valence-corrected chi connectivity index (χ4v) is 4.50. The number of fused-ring (bicyclic) bond motifs is 1. The van der Waals surface area contributed by atoms with Crippen LogP contribution in [0.2, 0.25) is 0 Å². The van der Waals surface area contributed by atoms with Crippen molar-refractivity contribution in [2.45, 2.75) is 38.6 Å². The Morgan fingerprint density at radius 3 is 2.85 bits per heavy atom. The average Bonchev–Trinajstić information content (AvgIpc) is 3.42. The molecule has 4 heterocycles. The van der Waals surface area contributed by atoms with E-state index in [1.165, 1.54) is 25.7 Å². The summed E-state index contributed by atoms with van der Waals surface area (Å²) < 4.78 is 1.94. The summed E-state index contributed by atoms with van der Waals surface area (Å²) in [6.45, 7) is 2.03. The molecule has 136 valence electrons. The Morgan fingerprint density at radius 2 is 2.04 bits per heavy atom. The minimum atomic E-state index is 0.505. The van der Waals surface area contributed by atoms with Crippen molar-refractivity contribution in [1.82, 2.24) is 19.6 Å². The second-order valence-electron chi connectivity index (χ2n) is 7.03. The molecular formula is C21H21N5S. The van der Waals surface area contributed by atoms with Gasteiger partial charge in [-0.1, -0.05) is 18.9 Å². The molecule has 0 bridgehead atoms. The lowest BCUT2D eigenvalue weighted by Gasteiger charge is -2.16. The van der Waals surface area contributed by atoms with Crippen LogP contribution in [0.5, 0.6) is 0 Å². The molecule has 0 aliphatic heterocycles. The van der Waals surface area contributed by atoms with Crippen LogP contribution in [-0.4, -0.2) is 25.6 Å². The van der Waals surface area contributed by atoms with Crippen LogP contribution in [0.4, 0.5) is 5.82 Å². The Bertz CT molecular complexity index is 1090. The number of aromatic nitrogens is 4. The quantitative estimate of drug-likeness (QED) is 0.534. The number of anilines is 1. The van der Waals surface area contributed by atoms with Crippen LogP contribution in [0, 0.1) is 6.92 Å². The third-order valence-corrected chi connectivity index (χ3v) is 5.95. The lowest BCUT2D eigenvalue weighted by molar-refractivity contribution is 0.751. The van der Waals surface area contributed by atoms with Crippen molar-refractivity contribution in [2.75, 3.05) is 5.32 Å². The van der Waals surface area contributed by atoms with Gasteiger partial charge in [0.1, 0.15) is 17.2 Å². The Hall–Kier alpha value is -2.73. The van der Waals surface area contributed by atoms with Gasteiger partial charge in [0.25, 0.3) is 0 Å². The standard InChI is InChI=1S/C21H21N5S/c1-14-23-17(13-27-14)20-19(18-10-4-5-12-26(18)25-20)16-9-6-11-22-21(16)24-15-7-2-3-8-15/h4-6,9-13,15H,2-3,7-8H2,1H3,(H,22,24). The zero-order valence-electron chi connectivity index (χ0n) is 15.2. The van der Waals surface area contributed by atoms with Gasteiger partial charge >= 0.3 is 0 Å². The van der Waals surface area contributed by atoms with Crippen LogP contribution in [0.1, 0.15) is 30.7 Å². The van der Waals surface area contributed by atoms with E-state index in [9.17, 15) is 0 Å². The molecule has 5 nitrogen and oxygen atoms in total. The number of aryl methyl sites for hydroxylation is 1. The Balaban J connectivity index is 1.71. The molecule has 4 aromatic rings. The number of hydrogen-bond donors (Lipinski definition) is 1. The molecule has 0 radical (unpaired) electrons. The number of thiazole rings is 1. The Kier molecular flexibility index (Phi) is 4.13. The molecule has 0 aromatic carbocycles. The van der Waals surface area contributed by atoms with E-state index in [1.807, 2.05) is 36.0 Å². The molecule has 1 fully saturated rings. The summed E-state index contributed by atoms with van der Waals surface area (Å²) in [7, 11) is 0. The molecule has 0 saturated heterocycles. The topological polar surface area (TPSA) is 55.1 Å². The summed E-state index contributed by atoms with van der Waals surface area (Å²) in [5, 5.41) is 11.7. The van der Waals surface area contributed by atoms with Crippen molar-refractivity contribution in [3.63, 3.8) is 0 Å². The van der Waals surface area contributed by atoms with Crippen molar-refractivity contribution >= 4 is 22.7 Å². The minimum Gasteiger partial charge on any atom is -0.367 e.